The Morgan fingerprint density at radius 3 is 2.67 bits per heavy atom. The first kappa shape index (κ1) is 21.6. The standard InChI is InChI=1S/C25H22N10O/c1-13(2)25(36)30-17-4-15(6-26-8-17)16-5-18-21(33-34-23(18)28-7-16)24-31-19-9-27-10-20(22(19)32-24)35-11-14(3)29-12-35/h4-13H,1-3H3,(H,30,36)(H,31,32)(H,28,33,34). The molecule has 3 N–H and O–H groups in total. The van der Waals surface area contributed by atoms with Crippen LogP contribution in [0.5, 0.6) is 0 Å². The molecule has 0 fully saturated rings. The lowest BCUT2D eigenvalue weighted by molar-refractivity contribution is -0.118. The molecule has 0 aliphatic carbocycles. The maximum Gasteiger partial charge on any atom is 0.226 e. The second kappa shape index (κ2) is 8.38. The Hall–Kier alpha value is -4.93. The number of aryl methyl sites for hydroxylation is 1. The number of hydrogen-bond donors (Lipinski definition) is 3. The van der Waals surface area contributed by atoms with Gasteiger partial charge in [-0.05, 0) is 19.1 Å². The summed E-state index contributed by atoms with van der Waals surface area (Å²) in [5.74, 6) is 0.426. The molecule has 0 aliphatic rings. The first-order valence-corrected chi connectivity index (χ1v) is 11.4. The van der Waals surface area contributed by atoms with E-state index in [0.717, 1.165) is 38.9 Å². The Morgan fingerprint density at radius 1 is 1.03 bits per heavy atom. The third-order valence-corrected chi connectivity index (χ3v) is 5.87. The van der Waals surface area contributed by atoms with Crippen LogP contribution in [0.4, 0.5) is 5.69 Å². The predicted molar refractivity (Wildman–Crippen MR) is 135 cm³/mol. The van der Waals surface area contributed by atoms with Gasteiger partial charge in [-0.25, -0.2) is 15.0 Å². The highest BCUT2D eigenvalue weighted by Crippen LogP contribution is 2.30. The minimum Gasteiger partial charge on any atom is -0.335 e. The highest BCUT2D eigenvalue weighted by atomic mass is 16.1. The number of nitrogens with zero attached hydrogens (tertiary/aromatic N) is 7. The Kier molecular flexibility index (Phi) is 5.03. The molecule has 6 heterocycles. The summed E-state index contributed by atoms with van der Waals surface area (Å²) in [6, 6.07) is 3.86. The predicted octanol–water partition coefficient (Wildman–Crippen LogP) is 4.05. The highest BCUT2D eigenvalue weighted by Gasteiger charge is 2.17. The van der Waals surface area contributed by atoms with E-state index in [-0.39, 0.29) is 11.8 Å². The number of fused-ring (bicyclic) bond motifs is 2. The van der Waals surface area contributed by atoms with Crippen molar-refractivity contribution in [3.63, 3.8) is 0 Å². The van der Waals surface area contributed by atoms with Crippen molar-refractivity contribution >= 4 is 33.7 Å². The highest BCUT2D eigenvalue weighted by molar-refractivity contribution is 5.95. The van der Waals surface area contributed by atoms with Crippen molar-refractivity contribution in [3.8, 4) is 28.3 Å². The lowest BCUT2D eigenvalue weighted by atomic mass is 10.1. The van der Waals surface area contributed by atoms with Gasteiger partial charge in [0.15, 0.2) is 11.5 Å². The van der Waals surface area contributed by atoms with Crippen LogP contribution in [0, 0.1) is 12.8 Å². The molecule has 0 unspecified atom stereocenters. The zero-order valence-corrected chi connectivity index (χ0v) is 19.8. The van der Waals surface area contributed by atoms with Gasteiger partial charge in [-0.1, -0.05) is 13.8 Å². The molecule has 6 aromatic heterocycles. The van der Waals surface area contributed by atoms with Crippen LogP contribution in [0.2, 0.25) is 0 Å². The van der Waals surface area contributed by atoms with Gasteiger partial charge in [-0.2, -0.15) is 5.10 Å². The van der Waals surface area contributed by atoms with Crippen molar-refractivity contribution in [1.82, 2.24) is 44.7 Å². The molecule has 0 saturated carbocycles. The third kappa shape index (κ3) is 3.76. The fourth-order valence-corrected chi connectivity index (χ4v) is 3.97. The van der Waals surface area contributed by atoms with Gasteiger partial charge in [-0.3, -0.25) is 19.9 Å². The number of rotatable bonds is 5. The van der Waals surface area contributed by atoms with E-state index >= 15 is 0 Å². The summed E-state index contributed by atoms with van der Waals surface area (Å²) >= 11 is 0. The summed E-state index contributed by atoms with van der Waals surface area (Å²) in [6.07, 6.45) is 12.3. The lowest BCUT2D eigenvalue weighted by Gasteiger charge is -2.09. The van der Waals surface area contributed by atoms with Gasteiger partial charge in [0.05, 0.1) is 52.9 Å². The number of hydrogen-bond acceptors (Lipinski definition) is 7. The van der Waals surface area contributed by atoms with Crippen LogP contribution in [-0.2, 0) is 4.79 Å². The van der Waals surface area contributed by atoms with E-state index in [9.17, 15) is 4.79 Å². The Labute approximate surface area is 205 Å². The zero-order chi connectivity index (χ0) is 24.8. The fourth-order valence-electron chi connectivity index (χ4n) is 3.97. The molecule has 0 radical (unpaired) electrons. The van der Waals surface area contributed by atoms with Crippen LogP contribution in [0.15, 0.2) is 55.6 Å². The molecule has 178 valence electrons. The monoisotopic (exact) mass is 478 g/mol. The molecular formula is C25H22N10O. The Bertz CT molecular complexity index is 1740. The Balaban J connectivity index is 1.41. The van der Waals surface area contributed by atoms with E-state index in [0.29, 0.717) is 22.9 Å². The normalized spacial score (nSPS) is 11.6. The molecule has 1 amide bonds. The van der Waals surface area contributed by atoms with E-state index in [1.807, 2.05) is 43.7 Å². The van der Waals surface area contributed by atoms with Crippen molar-refractivity contribution in [1.29, 1.82) is 0 Å². The molecule has 11 nitrogen and oxygen atoms in total. The number of pyridine rings is 3. The van der Waals surface area contributed by atoms with E-state index in [2.05, 4.69) is 40.4 Å². The molecule has 0 bridgehead atoms. The average molecular weight is 479 g/mol. The first-order chi connectivity index (χ1) is 17.5. The number of imidazole rings is 2. The number of H-pyrrole nitrogens is 2. The number of amides is 1. The van der Waals surface area contributed by atoms with Crippen LogP contribution in [0.1, 0.15) is 19.5 Å². The van der Waals surface area contributed by atoms with Crippen LogP contribution in [0.3, 0.4) is 0 Å². The lowest BCUT2D eigenvalue weighted by Crippen LogP contribution is -2.17. The molecule has 11 heteroatoms. The number of aromatic nitrogens is 9. The van der Waals surface area contributed by atoms with Gasteiger partial charge in [0.2, 0.25) is 5.91 Å². The minimum absolute atomic E-state index is 0.0655. The zero-order valence-electron chi connectivity index (χ0n) is 19.8. The summed E-state index contributed by atoms with van der Waals surface area (Å²) in [6.45, 7) is 5.63. The summed E-state index contributed by atoms with van der Waals surface area (Å²) in [5, 5.41) is 11.1. The van der Waals surface area contributed by atoms with Crippen LogP contribution < -0.4 is 5.32 Å². The SMILES string of the molecule is Cc1cn(-c2cncc3[nH]c(-c4[nH]nc5ncc(-c6cncc(NC(=O)C(C)C)c6)cc45)nc23)cn1. The first-order valence-electron chi connectivity index (χ1n) is 11.4. The summed E-state index contributed by atoms with van der Waals surface area (Å²) in [4.78, 5) is 37.8. The van der Waals surface area contributed by atoms with E-state index in [4.69, 9.17) is 4.98 Å². The van der Waals surface area contributed by atoms with Crippen LogP contribution >= 0.6 is 0 Å². The molecular weight excluding hydrogens is 456 g/mol. The van der Waals surface area contributed by atoms with Gasteiger partial charge >= 0.3 is 0 Å². The van der Waals surface area contributed by atoms with Crippen molar-refractivity contribution in [2.45, 2.75) is 20.8 Å². The second-order valence-electron chi connectivity index (χ2n) is 8.86. The molecule has 0 aromatic carbocycles. The van der Waals surface area contributed by atoms with Gasteiger partial charge in [0.1, 0.15) is 11.2 Å². The van der Waals surface area contributed by atoms with Crippen molar-refractivity contribution < 1.29 is 4.79 Å². The van der Waals surface area contributed by atoms with Crippen molar-refractivity contribution in [2.24, 2.45) is 5.92 Å². The molecule has 0 saturated heterocycles. The van der Waals surface area contributed by atoms with Gasteiger partial charge in [0, 0.05) is 35.6 Å². The smallest absolute Gasteiger partial charge is 0.226 e. The average Bonchev–Trinajstić information content (AvgIpc) is 3.61. The largest absolute Gasteiger partial charge is 0.335 e. The number of carbonyl (C=O) groups is 1. The molecule has 0 spiro atoms. The maximum absolute atomic E-state index is 12.1. The van der Waals surface area contributed by atoms with Crippen LogP contribution in [-0.4, -0.2) is 50.6 Å². The maximum atomic E-state index is 12.1. The quantitative estimate of drug-likeness (QED) is 0.339. The second-order valence-corrected chi connectivity index (χ2v) is 8.86. The molecule has 6 rings (SSSR count). The number of carbonyl (C=O) groups excluding carboxylic acids is 1. The summed E-state index contributed by atoms with van der Waals surface area (Å²) in [5.41, 5.74) is 6.85. The fraction of sp³-hybridized carbons (Fsp3) is 0.160. The molecule has 6 aromatic rings. The molecule has 0 atom stereocenters. The molecule has 36 heavy (non-hydrogen) atoms. The topological polar surface area (TPSA) is 143 Å². The minimum atomic E-state index is -0.127. The molecule has 0 aliphatic heterocycles. The van der Waals surface area contributed by atoms with Crippen molar-refractivity contribution in [3.05, 3.63) is 61.3 Å². The number of anilines is 1. The van der Waals surface area contributed by atoms with E-state index in [1.54, 1.807) is 37.3 Å². The van der Waals surface area contributed by atoms with Crippen LogP contribution in [0.25, 0.3) is 50.4 Å². The third-order valence-electron chi connectivity index (χ3n) is 5.87. The summed E-state index contributed by atoms with van der Waals surface area (Å²) in [7, 11) is 0. The van der Waals surface area contributed by atoms with E-state index in [1.165, 1.54) is 0 Å². The number of aromatic amines is 2. The summed E-state index contributed by atoms with van der Waals surface area (Å²) < 4.78 is 1.90. The van der Waals surface area contributed by atoms with E-state index < -0.39 is 0 Å². The van der Waals surface area contributed by atoms with Gasteiger partial charge in [-0.15, -0.1) is 0 Å². The van der Waals surface area contributed by atoms with Gasteiger partial charge < -0.3 is 14.9 Å². The number of nitrogens with one attached hydrogen (secondary N) is 3. The van der Waals surface area contributed by atoms with Crippen molar-refractivity contribution in [2.75, 3.05) is 5.32 Å². The van der Waals surface area contributed by atoms with Gasteiger partial charge in [0.25, 0.3) is 0 Å². The Morgan fingerprint density at radius 2 is 1.86 bits per heavy atom.